The van der Waals surface area contributed by atoms with Crippen molar-refractivity contribution < 1.29 is 14.7 Å². The van der Waals surface area contributed by atoms with Crippen molar-refractivity contribution in [2.24, 2.45) is 5.92 Å². The fourth-order valence-corrected chi connectivity index (χ4v) is 2.75. The van der Waals surface area contributed by atoms with Gasteiger partial charge in [0.15, 0.2) is 0 Å². The molecule has 0 aliphatic carbocycles. The van der Waals surface area contributed by atoms with Gasteiger partial charge in [0.05, 0.1) is 4.47 Å². The van der Waals surface area contributed by atoms with Crippen LogP contribution in [0.3, 0.4) is 0 Å². The number of nitrogens with one attached hydrogen (secondary N) is 2. The average Bonchev–Trinajstić information content (AvgIpc) is 2.94. The van der Waals surface area contributed by atoms with Gasteiger partial charge in [0.2, 0.25) is 0 Å². The lowest BCUT2D eigenvalue weighted by Crippen LogP contribution is -2.45. The lowest BCUT2D eigenvalue weighted by atomic mass is 9.99. The first-order valence-electron chi connectivity index (χ1n) is 7.28. The number of carboxylic acids is 1. The lowest BCUT2D eigenvalue weighted by molar-refractivity contribution is -0.140. The highest BCUT2D eigenvalue weighted by Gasteiger charge is 2.28. The number of H-pyrrole nitrogens is 1. The number of benzene rings is 1. The molecule has 1 aromatic heterocycles. The Morgan fingerprint density at radius 1 is 1.35 bits per heavy atom. The van der Waals surface area contributed by atoms with E-state index in [4.69, 9.17) is 0 Å². The first kappa shape index (κ1) is 17.2. The summed E-state index contributed by atoms with van der Waals surface area (Å²) in [5.74, 6) is -1.72. The number of rotatable bonds is 6. The number of nitrogens with zero attached hydrogens (tertiary/aromatic N) is 1. The van der Waals surface area contributed by atoms with Crippen molar-refractivity contribution in [3.8, 4) is 11.3 Å². The summed E-state index contributed by atoms with van der Waals surface area (Å²) in [6.07, 6.45) is 0.649. The molecule has 2 rings (SSSR count). The van der Waals surface area contributed by atoms with Crippen LogP contribution < -0.4 is 5.32 Å². The van der Waals surface area contributed by atoms with Gasteiger partial charge < -0.3 is 10.4 Å². The molecule has 122 valence electrons. The minimum absolute atomic E-state index is 0.174. The summed E-state index contributed by atoms with van der Waals surface area (Å²) in [6.45, 7) is 3.67. The Morgan fingerprint density at radius 2 is 2.00 bits per heavy atom. The second-order valence-corrected chi connectivity index (χ2v) is 6.10. The summed E-state index contributed by atoms with van der Waals surface area (Å²) in [6, 6.07) is 8.45. The largest absolute Gasteiger partial charge is 0.480 e. The van der Waals surface area contributed by atoms with E-state index in [2.05, 4.69) is 31.4 Å². The van der Waals surface area contributed by atoms with Crippen LogP contribution in [0.5, 0.6) is 0 Å². The number of hydrogen-bond donors (Lipinski definition) is 3. The van der Waals surface area contributed by atoms with Crippen LogP contribution in [0.1, 0.15) is 30.8 Å². The van der Waals surface area contributed by atoms with Gasteiger partial charge in [0, 0.05) is 5.56 Å². The number of aromatic amines is 1. The highest BCUT2D eigenvalue weighted by molar-refractivity contribution is 9.10. The van der Waals surface area contributed by atoms with E-state index >= 15 is 0 Å². The van der Waals surface area contributed by atoms with Crippen LogP contribution in [0.25, 0.3) is 11.3 Å². The Balaban J connectivity index is 2.24. The first-order valence-corrected chi connectivity index (χ1v) is 8.08. The summed E-state index contributed by atoms with van der Waals surface area (Å²) in [5.41, 5.74) is 1.66. The van der Waals surface area contributed by atoms with Crippen molar-refractivity contribution in [1.82, 2.24) is 15.5 Å². The fourth-order valence-electron chi connectivity index (χ4n) is 2.16. The predicted octanol–water partition coefficient (Wildman–Crippen LogP) is 3.07. The number of halogens is 1. The van der Waals surface area contributed by atoms with Gasteiger partial charge in [-0.1, -0.05) is 50.6 Å². The minimum Gasteiger partial charge on any atom is -0.480 e. The van der Waals surface area contributed by atoms with Crippen molar-refractivity contribution in [3.63, 3.8) is 0 Å². The van der Waals surface area contributed by atoms with Crippen molar-refractivity contribution in [3.05, 3.63) is 40.5 Å². The molecule has 23 heavy (non-hydrogen) atoms. The molecule has 0 aliphatic heterocycles. The maximum absolute atomic E-state index is 12.4. The highest BCUT2D eigenvalue weighted by Crippen LogP contribution is 2.28. The van der Waals surface area contributed by atoms with Crippen LogP contribution >= 0.6 is 15.9 Å². The van der Waals surface area contributed by atoms with E-state index in [0.29, 0.717) is 16.6 Å². The Kier molecular flexibility index (Phi) is 5.54. The van der Waals surface area contributed by atoms with E-state index in [9.17, 15) is 14.7 Å². The van der Waals surface area contributed by atoms with Gasteiger partial charge in [-0.25, -0.2) is 4.79 Å². The molecule has 0 radical (unpaired) electrons. The van der Waals surface area contributed by atoms with Crippen LogP contribution in [-0.2, 0) is 4.79 Å². The molecule has 0 spiro atoms. The van der Waals surface area contributed by atoms with Crippen molar-refractivity contribution in [2.45, 2.75) is 26.3 Å². The number of amides is 1. The molecule has 0 saturated heterocycles. The third-order valence-corrected chi connectivity index (χ3v) is 4.52. The van der Waals surface area contributed by atoms with E-state index < -0.39 is 17.9 Å². The van der Waals surface area contributed by atoms with E-state index in [-0.39, 0.29) is 11.6 Å². The molecular formula is C16H18BrN3O3. The standard InChI is InChI=1S/C16H18BrN3O3/c1-3-9(2)12(16(22)23)18-15(21)14-11(17)13(19-20-14)10-7-5-4-6-8-10/h4-9,12H,3H2,1-2H3,(H,18,21)(H,19,20)(H,22,23). The Labute approximate surface area is 142 Å². The van der Waals surface area contributed by atoms with E-state index in [1.165, 1.54) is 0 Å². The highest BCUT2D eigenvalue weighted by atomic mass is 79.9. The van der Waals surface area contributed by atoms with Crippen molar-refractivity contribution in [2.75, 3.05) is 0 Å². The average molecular weight is 380 g/mol. The van der Waals surface area contributed by atoms with E-state index in [1.54, 1.807) is 6.92 Å². The molecule has 3 N–H and O–H groups in total. The summed E-state index contributed by atoms with van der Waals surface area (Å²) < 4.78 is 0.509. The topological polar surface area (TPSA) is 95.1 Å². The lowest BCUT2D eigenvalue weighted by Gasteiger charge is -2.19. The number of hydrogen-bond acceptors (Lipinski definition) is 3. The zero-order valence-electron chi connectivity index (χ0n) is 12.8. The molecule has 0 saturated carbocycles. The number of aromatic nitrogens is 2. The molecule has 0 bridgehead atoms. The zero-order valence-corrected chi connectivity index (χ0v) is 14.4. The second-order valence-electron chi connectivity index (χ2n) is 5.30. The number of carbonyl (C=O) groups excluding carboxylic acids is 1. The van der Waals surface area contributed by atoms with Gasteiger partial charge in [-0.2, -0.15) is 5.10 Å². The van der Waals surface area contributed by atoms with Crippen LogP contribution in [0.15, 0.2) is 34.8 Å². The van der Waals surface area contributed by atoms with Crippen LogP contribution in [0, 0.1) is 5.92 Å². The Bertz CT molecular complexity index is 700. The summed E-state index contributed by atoms with van der Waals surface area (Å²) >= 11 is 3.37. The zero-order chi connectivity index (χ0) is 17.0. The molecular weight excluding hydrogens is 362 g/mol. The molecule has 2 aromatic rings. The first-order chi connectivity index (χ1) is 11.0. The number of aliphatic carboxylic acids is 1. The van der Waals surface area contributed by atoms with Gasteiger partial charge in [0.1, 0.15) is 17.4 Å². The molecule has 2 unspecified atom stereocenters. The molecule has 1 aromatic carbocycles. The normalized spacial score (nSPS) is 13.3. The summed E-state index contributed by atoms with van der Waals surface area (Å²) in [7, 11) is 0. The van der Waals surface area contributed by atoms with Crippen LogP contribution in [0.4, 0.5) is 0 Å². The number of carboxylic acid groups (broad SMARTS) is 1. The van der Waals surface area contributed by atoms with Crippen molar-refractivity contribution in [1.29, 1.82) is 0 Å². The molecule has 0 fully saturated rings. The molecule has 7 heteroatoms. The van der Waals surface area contributed by atoms with Crippen LogP contribution in [-0.4, -0.2) is 33.2 Å². The molecule has 2 atom stereocenters. The van der Waals surface area contributed by atoms with E-state index in [1.807, 2.05) is 37.3 Å². The quantitative estimate of drug-likeness (QED) is 0.718. The van der Waals surface area contributed by atoms with Crippen LogP contribution in [0.2, 0.25) is 0 Å². The third-order valence-electron chi connectivity index (χ3n) is 3.75. The summed E-state index contributed by atoms with van der Waals surface area (Å²) in [5, 5.41) is 18.6. The van der Waals surface area contributed by atoms with Crippen molar-refractivity contribution >= 4 is 27.8 Å². The Hall–Kier alpha value is -2.15. The van der Waals surface area contributed by atoms with Gasteiger partial charge in [-0.15, -0.1) is 0 Å². The minimum atomic E-state index is -1.05. The summed E-state index contributed by atoms with van der Waals surface area (Å²) in [4.78, 5) is 23.7. The van der Waals surface area contributed by atoms with Gasteiger partial charge >= 0.3 is 5.97 Å². The monoisotopic (exact) mass is 379 g/mol. The second kappa shape index (κ2) is 7.41. The SMILES string of the molecule is CCC(C)C(NC(=O)c1[nH]nc(-c2ccccc2)c1Br)C(=O)O. The van der Waals surface area contributed by atoms with Gasteiger partial charge in [-0.3, -0.25) is 9.89 Å². The maximum Gasteiger partial charge on any atom is 0.326 e. The Morgan fingerprint density at radius 3 is 2.57 bits per heavy atom. The smallest absolute Gasteiger partial charge is 0.326 e. The molecule has 1 heterocycles. The molecule has 0 aliphatic rings. The van der Waals surface area contributed by atoms with Gasteiger partial charge in [-0.05, 0) is 21.8 Å². The maximum atomic E-state index is 12.4. The molecule has 6 nitrogen and oxygen atoms in total. The number of carbonyl (C=O) groups is 2. The fraction of sp³-hybridized carbons (Fsp3) is 0.312. The predicted molar refractivity (Wildman–Crippen MR) is 90.1 cm³/mol. The van der Waals surface area contributed by atoms with Gasteiger partial charge in [0.25, 0.3) is 5.91 Å². The van der Waals surface area contributed by atoms with E-state index in [0.717, 1.165) is 5.56 Å². The molecule has 1 amide bonds. The third kappa shape index (κ3) is 3.79.